The highest BCUT2D eigenvalue weighted by atomic mass is 32.2. The van der Waals surface area contributed by atoms with Gasteiger partial charge in [-0.25, -0.2) is 4.39 Å². The molecule has 1 aromatic carbocycles. The number of rotatable bonds is 6. The second-order valence-corrected chi connectivity index (χ2v) is 4.55. The predicted octanol–water partition coefficient (Wildman–Crippen LogP) is 3.22. The third kappa shape index (κ3) is 4.11. The summed E-state index contributed by atoms with van der Waals surface area (Å²) in [5, 5.41) is 8.57. The number of thioether (sulfide) groups is 1. The fourth-order valence-corrected chi connectivity index (χ4v) is 1.79. The molecule has 1 rings (SSSR count). The van der Waals surface area contributed by atoms with Gasteiger partial charge in [0.15, 0.2) is 11.6 Å². The average molecular weight is 239 g/mol. The Labute approximate surface area is 99.4 Å². The van der Waals surface area contributed by atoms with Crippen LogP contribution < -0.4 is 4.74 Å². The van der Waals surface area contributed by atoms with Crippen molar-refractivity contribution in [2.24, 2.45) is 0 Å². The molecule has 86 valence electrons. The van der Waals surface area contributed by atoms with Crippen molar-refractivity contribution in [3.63, 3.8) is 0 Å². The van der Waals surface area contributed by atoms with E-state index < -0.39 is 5.82 Å². The third-order valence-corrected chi connectivity index (χ3v) is 2.94. The van der Waals surface area contributed by atoms with Gasteiger partial charge >= 0.3 is 0 Å². The Morgan fingerprint density at radius 1 is 1.50 bits per heavy atom. The van der Waals surface area contributed by atoms with Gasteiger partial charge in [0.2, 0.25) is 0 Å². The van der Waals surface area contributed by atoms with Gasteiger partial charge in [0.05, 0.1) is 18.2 Å². The maximum absolute atomic E-state index is 13.3. The van der Waals surface area contributed by atoms with Crippen LogP contribution in [0.15, 0.2) is 18.2 Å². The van der Waals surface area contributed by atoms with Crippen molar-refractivity contribution in [2.45, 2.75) is 13.3 Å². The van der Waals surface area contributed by atoms with E-state index in [1.165, 1.54) is 12.1 Å². The van der Waals surface area contributed by atoms with E-state index in [-0.39, 0.29) is 5.75 Å². The minimum absolute atomic E-state index is 0.223. The molecule has 0 fully saturated rings. The Hall–Kier alpha value is -1.21. The van der Waals surface area contributed by atoms with Crippen molar-refractivity contribution < 1.29 is 9.13 Å². The Bertz CT molecular complexity index is 376. The summed E-state index contributed by atoms with van der Waals surface area (Å²) in [4.78, 5) is 0. The van der Waals surface area contributed by atoms with E-state index >= 15 is 0 Å². The Balaban J connectivity index is 2.40. The molecule has 0 heterocycles. The molecule has 0 saturated carbocycles. The van der Waals surface area contributed by atoms with Crippen molar-refractivity contribution in [1.82, 2.24) is 0 Å². The zero-order valence-electron chi connectivity index (χ0n) is 9.20. The van der Waals surface area contributed by atoms with Gasteiger partial charge in [-0.15, -0.1) is 0 Å². The molecule has 16 heavy (non-hydrogen) atoms. The molecule has 0 aliphatic rings. The van der Waals surface area contributed by atoms with Crippen LogP contribution in [-0.2, 0) is 0 Å². The van der Waals surface area contributed by atoms with Crippen LogP contribution in [0.1, 0.15) is 18.9 Å². The first-order valence-electron chi connectivity index (χ1n) is 5.18. The van der Waals surface area contributed by atoms with E-state index in [0.717, 1.165) is 17.9 Å². The van der Waals surface area contributed by atoms with E-state index in [0.29, 0.717) is 12.2 Å². The van der Waals surface area contributed by atoms with E-state index in [4.69, 9.17) is 10.00 Å². The van der Waals surface area contributed by atoms with Gasteiger partial charge in [0.1, 0.15) is 0 Å². The molecule has 1 aromatic rings. The molecule has 0 atom stereocenters. The zero-order valence-corrected chi connectivity index (χ0v) is 10.0. The quantitative estimate of drug-likeness (QED) is 0.715. The first-order chi connectivity index (χ1) is 7.77. The number of hydrogen-bond acceptors (Lipinski definition) is 3. The minimum Gasteiger partial charge on any atom is -0.490 e. The topological polar surface area (TPSA) is 33.0 Å². The van der Waals surface area contributed by atoms with Crippen molar-refractivity contribution in [3.8, 4) is 11.8 Å². The number of nitriles is 1. The molecule has 0 bridgehead atoms. The number of hydrogen-bond donors (Lipinski definition) is 0. The van der Waals surface area contributed by atoms with E-state index in [1.807, 2.05) is 17.8 Å². The molecule has 0 aromatic heterocycles. The maximum atomic E-state index is 13.3. The summed E-state index contributed by atoms with van der Waals surface area (Å²) in [6.45, 7) is 2.61. The Morgan fingerprint density at radius 3 is 2.94 bits per heavy atom. The lowest BCUT2D eigenvalue weighted by Crippen LogP contribution is -2.00. The highest BCUT2D eigenvalue weighted by Crippen LogP contribution is 2.18. The number of halogens is 1. The van der Waals surface area contributed by atoms with Gasteiger partial charge in [0, 0.05) is 0 Å². The summed E-state index contributed by atoms with van der Waals surface area (Å²) in [6.07, 6.45) is 0.901. The summed E-state index contributed by atoms with van der Waals surface area (Å²) in [5.41, 5.74) is 0.311. The Kier molecular flexibility index (Phi) is 5.73. The molecule has 0 N–H and O–H groups in total. The van der Waals surface area contributed by atoms with E-state index in [1.54, 1.807) is 6.07 Å². The lowest BCUT2D eigenvalue weighted by atomic mass is 10.2. The van der Waals surface area contributed by atoms with Crippen LogP contribution >= 0.6 is 11.8 Å². The molecule has 0 radical (unpaired) electrons. The highest BCUT2D eigenvalue weighted by Gasteiger charge is 2.04. The summed E-state index contributed by atoms with van der Waals surface area (Å²) < 4.78 is 18.6. The van der Waals surface area contributed by atoms with Gasteiger partial charge in [-0.3, -0.25) is 0 Å². The molecular formula is C12H14FNOS. The van der Waals surface area contributed by atoms with Crippen molar-refractivity contribution in [3.05, 3.63) is 29.6 Å². The average Bonchev–Trinajstić information content (AvgIpc) is 2.30. The van der Waals surface area contributed by atoms with Crippen molar-refractivity contribution in [2.75, 3.05) is 18.1 Å². The van der Waals surface area contributed by atoms with E-state index in [9.17, 15) is 4.39 Å². The predicted molar refractivity (Wildman–Crippen MR) is 64.2 cm³/mol. The molecule has 0 unspecified atom stereocenters. The molecule has 2 nitrogen and oxygen atoms in total. The minimum atomic E-state index is -0.470. The van der Waals surface area contributed by atoms with Gasteiger partial charge in [-0.1, -0.05) is 6.92 Å². The number of ether oxygens (including phenoxy) is 1. The second-order valence-electron chi connectivity index (χ2n) is 3.16. The Morgan fingerprint density at radius 2 is 2.31 bits per heavy atom. The molecule has 0 saturated heterocycles. The van der Waals surface area contributed by atoms with Crippen LogP contribution in [0, 0.1) is 17.1 Å². The standard InChI is InChI=1S/C12H14FNOS/c1-2-16-7-3-6-15-12-5-4-10(9-14)8-11(12)13/h4-5,8H,2-3,6-7H2,1H3. The third-order valence-electron chi connectivity index (χ3n) is 1.96. The molecule has 0 aliphatic carbocycles. The van der Waals surface area contributed by atoms with Crippen LogP contribution in [0.25, 0.3) is 0 Å². The fraction of sp³-hybridized carbons (Fsp3) is 0.417. The summed E-state index contributed by atoms with van der Waals surface area (Å²) >= 11 is 1.84. The van der Waals surface area contributed by atoms with Gasteiger partial charge in [0.25, 0.3) is 0 Å². The maximum Gasteiger partial charge on any atom is 0.166 e. The fourth-order valence-electron chi connectivity index (χ4n) is 1.17. The van der Waals surface area contributed by atoms with Gasteiger partial charge in [-0.05, 0) is 36.1 Å². The lowest BCUT2D eigenvalue weighted by Gasteiger charge is -2.06. The molecule has 0 spiro atoms. The molecule has 0 amide bonds. The first kappa shape index (κ1) is 12.9. The molecule has 0 aliphatic heterocycles. The monoisotopic (exact) mass is 239 g/mol. The lowest BCUT2D eigenvalue weighted by molar-refractivity contribution is 0.302. The highest BCUT2D eigenvalue weighted by molar-refractivity contribution is 7.99. The SMILES string of the molecule is CCSCCCOc1ccc(C#N)cc1F. The smallest absolute Gasteiger partial charge is 0.166 e. The van der Waals surface area contributed by atoms with Crippen molar-refractivity contribution >= 4 is 11.8 Å². The summed E-state index contributed by atoms with van der Waals surface area (Å²) in [7, 11) is 0. The van der Waals surface area contributed by atoms with Crippen LogP contribution in [0.4, 0.5) is 4.39 Å². The van der Waals surface area contributed by atoms with Crippen molar-refractivity contribution in [1.29, 1.82) is 5.26 Å². The van der Waals surface area contributed by atoms with Crippen LogP contribution in [0.3, 0.4) is 0 Å². The van der Waals surface area contributed by atoms with E-state index in [2.05, 4.69) is 6.92 Å². The van der Waals surface area contributed by atoms with Crippen LogP contribution in [-0.4, -0.2) is 18.1 Å². The second kappa shape index (κ2) is 7.13. The summed E-state index contributed by atoms with van der Waals surface area (Å²) in [5.74, 6) is 1.86. The largest absolute Gasteiger partial charge is 0.490 e. The number of nitrogens with zero attached hydrogens (tertiary/aromatic N) is 1. The van der Waals surface area contributed by atoms with Crippen LogP contribution in [0.5, 0.6) is 5.75 Å². The zero-order chi connectivity index (χ0) is 11.8. The molecular weight excluding hydrogens is 225 g/mol. The normalized spacial score (nSPS) is 9.81. The number of benzene rings is 1. The van der Waals surface area contributed by atoms with Gasteiger partial charge < -0.3 is 4.74 Å². The molecule has 4 heteroatoms. The van der Waals surface area contributed by atoms with Gasteiger partial charge in [-0.2, -0.15) is 17.0 Å². The summed E-state index contributed by atoms with van der Waals surface area (Å²) in [6, 6.07) is 6.13. The first-order valence-corrected chi connectivity index (χ1v) is 6.33. The van der Waals surface area contributed by atoms with Crippen LogP contribution in [0.2, 0.25) is 0 Å².